The SMILES string of the molecule is COc1cc(OC)nc(NC(=O)NS(=O)(=O)Oc2ccccc2)n1. The van der Waals surface area contributed by atoms with Crippen LogP contribution in [0.25, 0.3) is 0 Å². The van der Waals surface area contributed by atoms with Gasteiger partial charge in [0.05, 0.1) is 20.3 Å². The Kier molecular flexibility index (Phi) is 5.37. The van der Waals surface area contributed by atoms with E-state index in [9.17, 15) is 13.2 Å². The maximum atomic E-state index is 11.8. The second-order valence-corrected chi connectivity index (χ2v) is 5.46. The topological polar surface area (TPSA) is 129 Å². The molecule has 0 fully saturated rings. The van der Waals surface area contributed by atoms with Crippen molar-refractivity contribution in [2.24, 2.45) is 0 Å². The normalized spacial score (nSPS) is 10.6. The van der Waals surface area contributed by atoms with E-state index in [1.54, 1.807) is 22.9 Å². The average Bonchev–Trinajstić information content (AvgIpc) is 2.54. The smallest absolute Gasteiger partial charge is 0.411 e. The largest absolute Gasteiger partial charge is 0.481 e. The van der Waals surface area contributed by atoms with E-state index < -0.39 is 16.3 Å². The molecule has 24 heavy (non-hydrogen) atoms. The van der Waals surface area contributed by atoms with E-state index in [4.69, 9.17) is 13.7 Å². The Hall–Kier alpha value is -3.08. The summed E-state index contributed by atoms with van der Waals surface area (Å²) in [4.78, 5) is 19.4. The predicted octanol–water partition coefficient (Wildman–Crippen LogP) is 0.939. The number of aromatic nitrogens is 2. The van der Waals surface area contributed by atoms with Gasteiger partial charge in [-0.3, -0.25) is 5.32 Å². The molecule has 2 N–H and O–H groups in total. The zero-order valence-electron chi connectivity index (χ0n) is 12.7. The van der Waals surface area contributed by atoms with Crippen molar-refractivity contribution in [2.45, 2.75) is 0 Å². The number of nitrogens with one attached hydrogen (secondary N) is 2. The number of benzene rings is 1. The Balaban J connectivity index is 2.05. The number of ether oxygens (including phenoxy) is 2. The number of methoxy groups -OCH3 is 2. The minimum atomic E-state index is -4.37. The Labute approximate surface area is 138 Å². The molecule has 0 radical (unpaired) electrons. The van der Waals surface area contributed by atoms with Crippen molar-refractivity contribution >= 4 is 22.3 Å². The van der Waals surface area contributed by atoms with Gasteiger partial charge in [0.15, 0.2) is 0 Å². The van der Waals surface area contributed by atoms with E-state index in [-0.39, 0.29) is 23.5 Å². The van der Waals surface area contributed by atoms with E-state index in [0.29, 0.717) is 0 Å². The van der Waals surface area contributed by atoms with Crippen LogP contribution in [0.5, 0.6) is 17.5 Å². The van der Waals surface area contributed by atoms with Gasteiger partial charge in [0, 0.05) is 0 Å². The van der Waals surface area contributed by atoms with Crippen LogP contribution in [0, 0.1) is 0 Å². The fourth-order valence-electron chi connectivity index (χ4n) is 1.53. The number of rotatable bonds is 6. The van der Waals surface area contributed by atoms with Crippen molar-refractivity contribution in [3.05, 3.63) is 36.4 Å². The minimum Gasteiger partial charge on any atom is -0.481 e. The first-order valence-electron chi connectivity index (χ1n) is 6.47. The summed E-state index contributed by atoms with van der Waals surface area (Å²) in [6.07, 6.45) is 0. The highest BCUT2D eigenvalue weighted by Gasteiger charge is 2.18. The monoisotopic (exact) mass is 354 g/mol. The molecule has 1 aromatic carbocycles. The molecule has 0 unspecified atom stereocenters. The van der Waals surface area contributed by atoms with Crippen LogP contribution in [0.4, 0.5) is 10.7 Å². The Morgan fingerprint density at radius 1 is 1.04 bits per heavy atom. The van der Waals surface area contributed by atoms with Gasteiger partial charge < -0.3 is 13.7 Å². The van der Waals surface area contributed by atoms with E-state index in [1.165, 1.54) is 32.4 Å². The first-order valence-corrected chi connectivity index (χ1v) is 7.88. The lowest BCUT2D eigenvalue weighted by atomic mass is 10.3. The van der Waals surface area contributed by atoms with Crippen LogP contribution in [0.1, 0.15) is 0 Å². The lowest BCUT2D eigenvalue weighted by molar-refractivity contribution is 0.255. The summed E-state index contributed by atoms with van der Waals surface area (Å²) < 4.78 is 39.7. The summed E-state index contributed by atoms with van der Waals surface area (Å²) in [7, 11) is -1.64. The molecule has 10 nitrogen and oxygen atoms in total. The van der Waals surface area contributed by atoms with Crippen molar-refractivity contribution in [1.82, 2.24) is 14.7 Å². The summed E-state index contributed by atoms with van der Waals surface area (Å²) >= 11 is 0. The van der Waals surface area contributed by atoms with Crippen molar-refractivity contribution in [3.63, 3.8) is 0 Å². The van der Waals surface area contributed by atoms with Crippen molar-refractivity contribution in [3.8, 4) is 17.5 Å². The highest BCUT2D eigenvalue weighted by Crippen LogP contribution is 2.17. The maximum absolute atomic E-state index is 11.8. The average molecular weight is 354 g/mol. The number of hydrogen-bond acceptors (Lipinski definition) is 8. The highest BCUT2D eigenvalue weighted by molar-refractivity contribution is 7.85. The zero-order chi connectivity index (χ0) is 17.6. The fourth-order valence-corrected chi connectivity index (χ4v) is 2.22. The van der Waals surface area contributed by atoms with Gasteiger partial charge in [0.2, 0.25) is 17.7 Å². The van der Waals surface area contributed by atoms with Crippen LogP contribution in [0.15, 0.2) is 36.4 Å². The summed E-state index contributed by atoms with van der Waals surface area (Å²) in [6.45, 7) is 0. The molecular formula is C13H14N4O6S. The van der Waals surface area contributed by atoms with Crippen LogP contribution in [-0.4, -0.2) is 38.6 Å². The van der Waals surface area contributed by atoms with Crippen LogP contribution < -0.4 is 23.7 Å². The number of carbonyl (C=O) groups excluding carboxylic acids is 1. The molecule has 2 amide bonds. The molecule has 0 saturated carbocycles. The summed E-state index contributed by atoms with van der Waals surface area (Å²) in [5, 5.41) is 2.14. The second-order valence-electron chi connectivity index (χ2n) is 4.18. The van der Waals surface area contributed by atoms with Crippen LogP contribution in [0.3, 0.4) is 0 Å². The molecule has 1 heterocycles. The van der Waals surface area contributed by atoms with Crippen LogP contribution in [0.2, 0.25) is 0 Å². The lowest BCUT2D eigenvalue weighted by Gasteiger charge is -2.09. The molecule has 0 aliphatic heterocycles. The molecule has 0 spiro atoms. The molecule has 0 aliphatic rings. The van der Waals surface area contributed by atoms with Crippen LogP contribution >= 0.6 is 0 Å². The van der Waals surface area contributed by atoms with Gasteiger partial charge in [-0.1, -0.05) is 18.2 Å². The molecule has 2 aromatic rings. The lowest BCUT2D eigenvalue weighted by Crippen LogP contribution is -2.37. The third-order valence-electron chi connectivity index (χ3n) is 2.49. The molecule has 0 saturated heterocycles. The molecule has 2 rings (SSSR count). The van der Waals surface area contributed by atoms with Gasteiger partial charge in [-0.2, -0.15) is 18.4 Å². The van der Waals surface area contributed by atoms with Gasteiger partial charge in [0.25, 0.3) is 0 Å². The summed E-state index contributed by atoms with van der Waals surface area (Å²) in [5.74, 6) is 0.0943. The Morgan fingerprint density at radius 3 is 2.17 bits per heavy atom. The van der Waals surface area contributed by atoms with Gasteiger partial charge in [0.1, 0.15) is 5.75 Å². The highest BCUT2D eigenvalue weighted by atomic mass is 32.2. The Morgan fingerprint density at radius 2 is 1.62 bits per heavy atom. The number of hydrogen-bond donors (Lipinski definition) is 2. The van der Waals surface area contributed by atoms with E-state index in [2.05, 4.69) is 15.3 Å². The molecule has 128 valence electrons. The number of para-hydroxylation sites is 1. The molecule has 0 atom stereocenters. The first-order chi connectivity index (χ1) is 11.4. The zero-order valence-corrected chi connectivity index (χ0v) is 13.5. The third kappa shape index (κ3) is 4.98. The summed E-state index contributed by atoms with van der Waals surface area (Å²) in [6, 6.07) is 7.98. The molecule has 0 aliphatic carbocycles. The number of amides is 2. The molecule has 11 heteroatoms. The maximum Gasteiger partial charge on any atom is 0.411 e. The molecule has 1 aromatic heterocycles. The first kappa shape index (κ1) is 17.3. The van der Waals surface area contributed by atoms with Gasteiger partial charge in [-0.25, -0.2) is 9.52 Å². The van der Waals surface area contributed by atoms with E-state index in [0.717, 1.165) is 0 Å². The van der Waals surface area contributed by atoms with Crippen LogP contribution in [-0.2, 0) is 10.3 Å². The van der Waals surface area contributed by atoms with Gasteiger partial charge in [-0.15, -0.1) is 0 Å². The number of urea groups is 1. The standard InChI is InChI=1S/C13H14N4O6S/c1-21-10-8-11(22-2)15-12(14-10)16-13(18)17-24(19,20)23-9-6-4-3-5-7-9/h3-8H,1-2H3,(H2,14,15,16,17,18). The van der Waals surface area contributed by atoms with Gasteiger partial charge >= 0.3 is 16.3 Å². The van der Waals surface area contributed by atoms with Crippen molar-refractivity contribution in [1.29, 1.82) is 0 Å². The quantitative estimate of drug-likeness (QED) is 0.784. The van der Waals surface area contributed by atoms with Crippen molar-refractivity contribution in [2.75, 3.05) is 19.5 Å². The summed E-state index contributed by atoms with van der Waals surface area (Å²) in [5.41, 5.74) is 0. The van der Waals surface area contributed by atoms with Gasteiger partial charge in [-0.05, 0) is 12.1 Å². The third-order valence-corrected chi connectivity index (χ3v) is 3.34. The number of anilines is 1. The predicted molar refractivity (Wildman–Crippen MR) is 83.3 cm³/mol. The Bertz CT molecular complexity index is 790. The van der Waals surface area contributed by atoms with E-state index >= 15 is 0 Å². The minimum absolute atomic E-state index is 0.0529. The van der Waals surface area contributed by atoms with Crippen molar-refractivity contribution < 1.29 is 26.9 Å². The fraction of sp³-hybridized carbons (Fsp3) is 0.154. The molecule has 0 bridgehead atoms. The number of carbonyl (C=O) groups is 1. The number of nitrogens with zero attached hydrogens (tertiary/aromatic N) is 2. The second kappa shape index (κ2) is 7.46. The molecular weight excluding hydrogens is 340 g/mol. The van der Waals surface area contributed by atoms with E-state index in [1.807, 2.05) is 0 Å².